The van der Waals surface area contributed by atoms with Crippen LogP contribution in [0.2, 0.25) is 10.0 Å². The smallest absolute Gasteiger partial charge is 0.257 e. The summed E-state index contributed by atoms with van der Waals surface area (Å²) in [5, 5.41) is 2.76. The van der Waals surface area contributed by atoms with Crippen LogP contribution in [0.25, 0.3) is 22.4 Å². The molecule has 1 aliphatic heterocycles. The van der Waals surface area contributed by atoms with Crippen molar-refractivity contribution in [3.63, 3.8) is 0 Å². The van der Waals surface area contributed by atoms with E-state index in [1.807, 2.05) is 36.4 Å². The van der Waals surface area contributed by atoms with Crippen LogP contribution in [0.15, 0.2) is 65.6 Å². The number of H-pyrrole nitrogens is 1. The highest BCUT2D eigenvalue weighted by Crippen LogP contribution is 2.32. The number of aromatic amines is 1. The van der Waals surface area contributed by atoms with Crippen LogP contribution in [0.3, 0.4) is 0 Å². The maximum atomic E-state index is 13.1. The van der Waals surface area contributed by atoms with Crippen molar-refractivity contribution in [1.29, 1.82) is 0 Å². The normalized spacial score (nSPS) is 14.8. The van der Waals surface area contributed by atoms with Crippen molar-refractivity contribution in [2.75, 3.05) is 31.6 Å². The standard InChI is InChI=1S/C24H20Cl2N4O4S/c25-18-14-19(26)22(35(32,33)30-9-11-34-12-10-30)13-17(18)24(31)27-16-7-5-15(6-8-16)23-28-20-3-1-2-4-21(20)29-23/h1-8,13-14H,9-12H2,(H,27,31)(H,28,29). The molecular weight excluding hydrogens is 511 g/mol. The first-order chi connectivity index (χ1) is 16.8. The minimum absolute atomic E-state index is 0.00395. The van der Waals surface area contributed by atoms with Gasteiger partial charge in [-0.25, -0.2) is 13.4 Å². The minimum atomic E-state index is -3.91. The molecule has 0 spiro atoms. The van der Waals surface area contributed by atoms with Crippen LogP contribution in [-0.2, 0) is 14.8 Å². The summed E-state index contributed by atoms with van der Waals surface area (Å²) >= 11 is 12.5. The summed E-state index contributed by atoms with van der Waals surface area (Å²) in [5.74, 6) is 0.157. The topological polar surface area (TPSA) is 104 Å². The SMILES string of the molecule is O=C(Nc1ccc(-c2nc3ccccc3[nH]2)cc1)c1cc(S(=O)(=O)N2CCOCC2)c(Cl)cc1Cl. The number of sulfonamides is 1. The molecule has 180 valence electrons. The molecule has 0 atom stereocenters. The fourth-order valence-corrected chi connectivity index (χ4v) is 6.07. The van der Waals surface area contributed by atoms with Crippen LogP contribution < -0.4 is 5.32 Å². The molecule has 0 saturated carbocycles. The van der Waals surface area contributed by atoms with Gasteiger partial charge in [0.1, 0.15) is 10.7 Å². The Morgan fingerprint density at radius 1 is 1.00 bits per heavy atom. The third kappa shape index (κ3) is 4.78. The number of aromatic nitrogens is 2. The number of carbonyl (C=O) groups excluding carboxylic acids is 1. The van der Waals surface area contributed by atoms with Gasteiger partial charge in [0.05, 0.1) is 39.9 Å². The Bertz CT molecular complexity index is 1480. The second-order valence-electron chi connectivity index (χ2n) is 7.91. The molecule has 1 aromatic heterocycles. The fraction of sp³-hybridized carbons (Fsp3) is 0.167. The summed E-state index contributed by atoms with van der Waals surface area (Å²) in [6, 6.07) is 17.3. The number of amides is 1. The van der Waals surface area contributed by atoms with E-state index in [1.54, 1.807) is 12.1 Å². The molecule has 0 radical (unpaired) electrons. The number of imidazole rings is 1. The summed E-state index contributed by atoms with van der Waals surface area (Å²) in [7, 11) is -3.91. The van der Waals surface area contributed by atoms with Crippen molar-refractivity contribution < 1.29 is 17.9 Å². The van der Waals surface area contributed by atoms with Gasteiger partial charge in [-0.1, -0.05) is 35.3 Å². The molecule has 0 aliphatic carbocycles. The van der Waals surface area contributed by atoms with Gasteiger partial charge >= 0.3 is 0 Å². The molecule has 1 aliphatic rings. The quantitative estimate of drug-likeness (QED) is 0.385. The molecule has 3 aromatic carbocycles. The number of nitrogens with zero attached hydrogens (tertiary/aromatic N) is 2. The second kappa shape index (κ2) is 9.60. The Hall–Kier alpha value is -2.95. The van der Waals surface area contributed by atoms with Crippen LogP contribution in [0.4, 0.5) is 5.69 Å². The highest BCUT2D eigenvalue weighted by Gasteiger charge is 2.30. The van der Waals surface area contributed by atoms with E-state index in [0.29, 0.717) is 24.7 Å². The number of anilines is 1. The fourth-order valence-electron chi connectivity index (χ4n) is 3.83. The van der Waals surface area contributed by atoms with Gasteiger partial charge in [0.15, 0.2) is 0 Å². The number of morpholine rings is 1. The zero-order valence-corrected chi connectivity index (χ0v) is 20.6. The first kappa shape index (κ1) is 23.8. The Morgan fingerprint density at radius 2 is 1.71 bits per heavy atom. The van der Waals surface area contributed by atoms with Gasteiger partial charge in [-0.15, -0.1) is 0 Å². The summed E-state index contributed by atoms with van der Waals surface area (Å²) in [5.41, 5.74) is 3.16. The molecule has 2 N–H and O–H groups in total. The van der Waals surface area contributed by atoms with E-state index in [0.717, 1.165) is 16.6 Å². The average molecular weight is 531 g/mol. The maximum absolute atomic E-state index is 13.1. The van der Waals surface area contributed by atoms with E-state index < -0.39 is 15.9 Å². The second-order valence-corrected chi connectivity index (χ2v) is 10.6. The minimum Gasteiger partial charge on any atom is -0.379 e. The molecule has 5 rings (SSSR count). The van der Waals surface area contributed by atoms with Crippen molar-refractivity contribution in [2.24, 2.45) is 0 Å². The molecule has 8 nitrogen and oxygen atoms in total. The third-order valence-electron chi connectivity index (χ3n) is 5.66. The molecular formula is C24H20Cl2N4O4S. The highest BCUT2D eigenvalue weighted by molar-refractivity contribution is 7.89. The number of hydrogen-bond donors (Lipinski definition) is 2. The first-order valence-corrected chi connectivity index (χ1v) is 13.0. The number of para-hydroxylation sites is 2. The van der Waals surface area contributed by atoms with Crippen LogP contribution in [-0.4, -0.2) is 54.9 Å². The van der Waals surface area contributed by atoms with Crippen molar-refractivity contribution in [2.45, 2.75) is 4.90 Å². The van der Waals surface area contributed by atoms with Crippen LogP contribution >= 0.6 is 23.2 Å². The van der Waals surface area contributed by atoms with Crippen molar-refractivity contribution >= 4 is 55.9 Å². The molecule has 0 bridgehead atoms. The summed E-state index contributed by atoms with van der Waals surface area (Å²) < 4.78 is 32.7. The number of fused-ring (bicyclic) bond motifs is 1. The van der Waals surface area contributed by atoms with Crippen molar-refractivity contribution in [3.8, 4) is 11.4 Å². The van der Waals surface area contributed by atoms with E-state index in [2.05, 4.69) is 15.3 Å². The highest BCUT2D eigenvalue weighted by atomic mass is 35.5. The van der Waals surface area contributed by atoms with Gasteiger partial charge in [-0.2, -0.15) is 4.31 Å². The Morgan fingerprint density at radius 3 is 2.43 bits per heavy atom. The summed E-state index contributed by atoms with van der Waals surface area (Å²) in [6.45, 7) is 1.00. The number of ether oxygens (including phenoxy) is 1. The van der Waals surface area contributed by atoms with Crippen LogP contribution in [0, 0.1) is 0 Å². The molecule has 4 aromatic rings. The van der Waals surface area contributed by atoms with Crippen LogP contribution in [0.5, 0.6) is 0 Å². The molecule has 0 unspecified atom stereocenters. The van der Waals surface area contributed by atoms with E-state index in [-0.39, 0.29) is 33.6 Å². The molecule has 2 heterocycles. The van der Waals surface area contributed by atoms with E-state index >= 15 is 0 Å². The summed E-state index contributed by atoms with van der Waals surface area (Å²) in [6.07, 6.45) is 0. The first-order valence-electron chi connectivity index (χ1n) is 10.8. The Balaban J connectivity index is 1.38. The van der Waals surface area contributed by atoms with Gasteiger partial charge in [-0.05, 0) is 48.5 Å². The van der Waals surface area contributed by atoms with Crippen LogP contribution in [0.1, 0.15) is 10.4 Å². The third-order valence-corrected chi connectivity index (χ3v) is 8.34. The predicted octanol–water partition coefficient (Wildman–Crippen LogP) is 4.81. The van der Waals surface area contributed by atoms with E-state index in [9.17, 15) is 13.2 Å². The van der Waals surface area contributed by atoms with Crippen molar-refractivity contribution in [3.05, 3.63) is 76.3 Å². The van der Waals surface area contributed by atoms with Crippen molar-refractivity contribution in [1.82, 2.24) is 14.3 Å². The lowest BCUT2D eigenvalue weighted by atomic mass is 10.1. The molecule has 35 heavy (non-hydrogen) atoms. The molecule has 1 amide bonds. The van der Waals surface area contributed by atoms with Gasteiger partial charge in [0.25, 0.3) is 5.91 Å². The number of nitrogens with one attached hydrogen (secondary N) is 2. The summed E-state index contributed by atoms with van der Waals surface area (Å²) in [4.78, 5) is 20.6. The van der Waals surface area contributed by atoms with Gasteiger partial charge in [-0.3, -0.25) is 4.79 Å². The van der Waals surface area contributed by atoms with E-state index in [4.69, 9.17) is 27.9 Å². The Labute approximate surface area is 211 Å². The zero-order valence-electron chi connectivity index (χ0n) is 18.3. The van der Waals surface area contributed by atoms with E-state index in [1.165, 1.54) is 16.4 Å². The lowest BCUT2D eigenvalue weighted by Gasteiger charge is -2.26. The zero-order chi connectivity index (χ0) is 24.6. The lowest BCUT2D eigenvalue weighted by Crippen LogP contribution is -2.40. The predicted molar refractivity (Wildman–Crippen MR) is 136 cm³/mol. The molecule has 1 fully saturated rings. The number of hydrogen-bond acceptors (Lipinski definition) is 5. The largest absolute Gasteiger partial charge is 0.379 e. The number of halogens is 2. The Kier molecular flexibility index (Phi) is 6.52. The molecule has 11 heteroatoms. The van der Waals surface area contributed by atoms with Gasteiger partial charge in [0.2, 0.25) is 10.0 Å². The van der Waals surface area contributed by atoms with Gasteiger partial charge in [0, 0.05) is 24.3 Å². The number of carbonyl (C=O) groups is 1. The monoisotopic (exact) mass is 530 g/mol. The number of rotatable bonds is 5. The lowest BCUT2D eigenvalue weighted by molar-refractivity contribution is 0.0730. The average Bonchev–Trinajstić information content (AvgIpc) is 3.29. The molecule has 1 saturated heterocycles. The maximum Gasteiger partial charge on any atom is 0.257 e. The number of benzene rings is 3. The van der Waals surface area contributed by atoms with Gasteiger partial charge < -0.3 is 15.0 Å².